The van der Waals surface area contributed by atoms with E-state index in [2.05, 4.69) is 5.32 Å². The molecule has 18 heavy (non-hydrogen) atoms. The Hall–Kier alpha value is -1.98. The van der Waals surface area contributed by atoms with E-state index in [0.717, 1.165) is 0 Å². The third-order valence-electron chi connectivity index (χ3n) is 2.22. The van der Waals surface area contributed by atoms with Crippen LogP contribution in [-0.2, 0) is 16.1 Å². The van der Waals surface area contributed by atoms with E-state index in [1.165, 1.54) is 6.26 Å². The van der Waals surface area contributed by atoms with Gasteiger partial charge in [0.2, 0.25) is 0 Å². The Morgan fingerprint density at radius 2 is 2.22 bits per heavy atom. The lowest BCUT2D eigenvalue weighted by Gasteiger charge is -2.15. The number of carboxylic acids is 1. The van der Waals surface area contributed by atoms with Crippen molar-refractivity contribution in [3.8, 4) is 0 Å². The van der Waals surface area contributed by atoms with Crippen molar-refractivity contribution in [3.05, 3.63) is 24.2 Å². The zero-order valence-electron chi connectivity index (χ0n) is 10.4. The average Bonchev–Trinajstić information content (AvgIpc) is 2.77. The van der Waals surface area contributed by atoms with Gasteiger partial charge in [-0.3, -0.25) is 0 Å². The Balaban J connectivity index is 2.39. The van der Waals surface area contributed by atoms with Gasteiger partial charge >= 0.3 is 12.1 Å². The molecule has 0 bridgehead atoms. The minimum absolute atomic E-state index is 0.0210. The lowest BCUT2D eigenvalue weighted by atomic mass is 10.0. The highest BCUT2D eigenvalue weighted by Gasteiger charge is 2.21. The Morgan fingerprint density at radius 1 is 1.50 bits per heavy atom. The average molecular weight is 255 g/mol. The molecule has 0 aliphatic carbocycles. The van der Waals surface area contributed by atoms with E-state index in [1.54, 1.807) is 12.1 Å². The molecule has 0 unspecified atom stereocenters. The normalized spacial score (nSPS) is 12.2. The highest BCUT2D eigenvalue weighted by Crippen LogP contribution is 2.06. The smallest absolute Gasteiger partial charge is 0.408 e. The molecule has 1 amide bonds. The minimum Gasteiger partial charge on any atom is -0.480 e. The molecule has 0 radical (unpaired) electrons. The number of nitrogens with one attached hydrogen (secondary N) is 1. The van der Waals surface area contributed by atoms with E-state index in [-0.39, 0.29) is 12.5 Å². The maximum Gasteiger partial charge on any atom is 0.408 e. The SMILES string of the molecule is CC(C)C[C@H](NC(=O)OCc1ccco1)C(=O)O. The van der Waals surface area contributed by atoms with E-state index in [4.69, 9.17) is 14.3 Å². The van der Waals surface area contributed by atoms with Crippen LogP contribution in [0.4, 0.5) is 4.79 Å². The van der Waals surface area contributed by atoms with Crippen LogP contribution in [0.5, 0.6) is 0 Å². The second-order valence-corrected chi connectivity index (χ2v) is 4.32. The van der Waals surface area contributed by atoms with Gasteiger partial charge in [-0.1, -0.05) is 13.8 Å². The first-order chi connectivity index (χ1) is 8.49. The van der Waals surface area contributed by atoms with Gasteiger partial charge in [0.25, 0.3) is 0 Å². The maximum atomic E-state index is 11.4. The van der Waals surface area contributed by atoms with Crippen LogP contribution in [0.1, 0.15) is 26.0 Å². The van der Waals surface area contributed by atoms with Gasteiger partial charge in [0.15, 0.2) is 6.61 Å². The second-order valence-electron chi connectivity index (χ2n) is 4.32. The molecule has 0 aromatic carbocycles. The van der Waals surface area contributed by atoms with Gasteiger partial charge in [0.1, 0.15) is 11.8 Å². The van der Waals surface area contributed by atoms with Gasteiger partial charge in [-0.25, -0.2) is 9.59 Å². The molecule has 6 nitrogen and oxygen atoms in total. The van der Waals surface area contributed by atoms with Crippen LogP contribution in [0.25, 0.3) is 0 Å². The lowest BCUT2D eigenvalue weighted by molar-refractivity contribution is -0.139. The zero-order valence-corrected chi connectivity index (χ0v) is 10.4. The highest BCUT2D eigenvalue weighted by molar-refractivity contribution is 5.79. The summed E-state index contributed by atoms with van der Waals surface area (Å²) in [4.78, 5) is 22.3. The summed E-state index contributed by atoms with van der Waals surface area (Å²) in [6, 6.07) is 2.40. The topological polar surface area (TPSA) is 88.8 Å². The Bertz CT molecular complexity index is 385. The van der Waals surface area contributed by atoms with Crippen molar-refractivity contribution in [2.75, 3.05) is 0 Å². The van der Waals surface area contributed by atoms with Crippen molar-refractivity contribution < 1.29 is 23.8 Å². The molecule has 1 rings (SSSR count). The molecule has 1 heterocycles. The van der Waals surface area contributed by atoms with E-state index in [0.29, 0.717) is 12.2 Å². The number of ether oxygens (including phenoxy) is 1. The number of rotatable bonds is 6. The van der Waals surface area contributed by atoms with Crippen LogP contribution in [0.3, 0.4) is 0 Å². The zero-order chi connectivity index (χ0) is 13.5. The lowest BCUT2D eigenvalue weighted by Crippen LogP contribution is -2.41. The van der Waals surface area contributed by atoms with Crippen LogP contribution < -0.4 is 5.32 Å². The fourth-order valence-electron chi connectivity index (χ4n) is 1.41. The van der Waals surface area contributed by atoms with Gasteiger partial charge in [-0.05, 0) is 24.5 Å². The number of hydrogen-bond donors (Lipinski definition) is 2. The molecule has 0 fully saturated rings. The number of amides is 1. The summed E-state index contributed by atoms with van der Waals surface area (Å²) in [6.45, 7) is 3.74. The fourth-order valence-corrected chi connectivity index (χ4v) is 1.41. The van der Waals surface area contributed by atoms with Gasteiger partial charge in [0, 0.05) is 0 Å². The van der Waals surface area contributed by atoms with Crippen molar-refractivity contribution in [3.63, 3.8) is 0 Å². The van der Waals surface area contributed by atoms with Crippen molar-refractivity contribution in [2.24, 2.45) is 5.92 Å². The molecule has 0 aliphatic rings. The quantitative estimate of drug-likeness (QED) is 0.811. The van der Waals surface area contributed by atoms with Crippen LogP contribution in [0, 0.1) is 5.92 Å². The highest BCUT2D eigenvalue weighted by atomic mass is 16.6. The van der Waals surface area contributed by atoms with Crippen LogP contribution in [0.2, 0.25) is 0 Å². The number of aliphatic carboxylic acids is 1. The molecule has 0 saturated carbocycles. The fraction of sp³-hybridized carbons (Fsp3) is 0.500. The largest absolute Gasteiger partial charge is 0.480 e. The summed E-state index contributed by atoms with van der Waals surface area (Å²) in [7, 11) is 0. The molecule has 1 aromatic rings. The van der Waals surface area contributed by atoms with E-state index >= 15 is 0 Å². The standard InChI is InChI=1S/C12H17NO5/c1-8(2)6-10(11(14)15)13-12(16)18-7-9-4-3-5-17-9/h3-5,8,10H,6-7H2,1-2H3,(H,13,16)(H,14,15)/t10-/m0/s1. The molecular formula is C12H17NO5. The number of carbonyl (C=O) groups is 2. The molecule has 1 aromatic heterocycles. The number of hydrogen-bond acceptors (Lipinski definition) is 4. The maximum absolute atomic E-state index is 11.4. The van der Waals surface area contributed by atoms with Gasteiger partial charge in [0.05, 0.1) is 6.26 Å². The monoisotopic (exact) mass is 255 g/mol. The number of alkyl carbamates (subject to hydrolysis) is 1. The minimum atomic E-state index is -1.07. The van der Waals surface area contributed by atoms with Crippen LogP contribution in [0.15, 0.2) is 22.8 Å². The molecule has 0 aliphatic heterocycles. The molecule has 2 N–H and O–H groups in total. The van der Waals surface area contributed by atoms with Crippen molar-refractivity contribution in [2.45, 2.75) is 32.9 Å². The van der Waals surface area contributed by atoms with Crippen molar-refractivity contribution in [1.29, 1.82) is 0 Å². The predicted octanol–water partition coefficient (Wildman–Crippen LogP) is 2.01. The summed E-state index contributed by atoms with van der Waals surface area (Å²) in [6.07, 6.45) is 1.06. The first-order valence-corrected chi connectivity index (χ1v) is 5.67. The Labute approximate surface area is 105 Å². The second kappa shape index (κ2) is 6.68. The van der Waals surface area contributed by atoms with Crippen LogP contribution >= 0.6 is 0 Å². The summed E-state index contributed by atoms with van der Waals surface area (Å²) in [5, 5.41) is 11.2. The Kier molecular flexibility index (Phi) is 5.23. The third-order valence-corrected chi connectivity index (χ3v) is 2.22. The van der Waals surface area contributed by atoms with E-state index in [9.17, 15) is 9.59 Å². The predicted molar refractivity (Wildman–Crippen MR) is 62.9 cm³/mol. The molecular weight excluding hydrogens is 238 g/mol. The first-order valence-electron chi connectivity index (χ1n) is 5.67. The molecule has 100 valence electrons. The number of carboxylic acid groups (broad SMARTS) is 1. The van der Waals surface area contributed by atoms with E-state index in [1.807, 2.05) is 13.8 Å². The molecule has 1 atom stereocenters. The van der Waals surface area contributed by atoms with Crippen molar-refractivity contribution >= 4 is 12.1 Å². The van der Waals surface area contributed by atoms with Crippen molar-refractivity contribution in [1.82, 2.24) is 5.32 Å². The first kappa shape index (κ1) is 14.1. The summed E-state index contributed by atoms with van der Waals surface area (Å²) in [5.74, 6) is -0.406. The third kappa shape index (κ3) is 4.90. The van der Waals surface area contributed by atoms with Crippen LogP contribution in [-0.4, -0.2) is 23.2 Å². The summed E-state index contributed by atoms with van der Waals surface area (Å²) < 4.78 is 9.82. The molecule has 6 heteroatoms. The van der Waals surface area contributed by atoms with Gasteiger partial charge in [-0.2, -0.15) is 0 Å². The van der Waals surface area contributed by atoms with E-state index < -0.39 is 18.1 Å². The Morgan fingerprint density at radius 3 is 2.72 bits per heavy atom. The number of carbonyl (C=O) groups excluding carboxylic acids is 1. The number of furan rings is 1. The summed E-state index contributed by atoms with van der Waals surface area (Å²) >= 11 is 0. The van der Waals surface area contributed by atoms with Gasteiger partial charge in [-0.15, -0.1) is 0 Å². The van der Waals surface area contributed by atoms with Gasteiger partial charge < -0.3 is 19.6 Å². The summed E-state index contributed by atoms with van der Waals surface area (Å²) in [5.41, 5.74) is 0. The molecule has 0 saturated heterocycles. The molecule has 0 spiro atoms.